The van der Waals surface area contributed by atoms with E-state index in [1.165, 1.54) is 6.08 Å². The minimum atomic E-state index is -0.372. The van der Waals surface area contributed by atoms with Crippen molar-refractivity contribution in [2.45, 2.75) is 71.1 Å². The van der Waals surface area contributed by atoms with Crippen LogP contribution in [0, 0.1) is 23.7 Å². The average Bonchev–Trinajstić information content (AvgIpc) is 2.97. The van der Waals surface area contributed by atoms with Gasteiger partial charge in [0.25, 0.3) is 0 Å². The third kappa shape index (κ3) is 14.0. The molecule has 0 saturated carbocycles. The summed E-state index contributed by atoms with van der Waals surface area (Å²) in [5, 5.41) is 0. The van der Waals surface area contributed by atoms with E-state index >= 15 is 0 Å². The van der Waals surface area contributed by atoms with Gasteiger partial charge in [-0.15, -0.1) is 0 Å². The SMILES string of the molecule is C=CC(=O)OCCCCCCOc1ccc(-c2ccc(C(=O)OCCCCC#CC#CCCCC)cc2)cc1. The maximum Gasteiger partial charge on any atom is 0.338 e. The maximum absolute atomic E-state index is 12.3. The standard InChI is InChI=1S/C34H40O5/c1-3-5-6-7-8-9-10-11-12-17-28-39-34(36)31-20-18-29(19-21-31)30-22-24-32(25-23-30)37-26-15-13-14-16-27-38-33(35)4-2/h4,18-25H,2-3,5-6,11-17,26-28H2,1H3. The lowest BCUT2D eigenvalue weighted by atomic mass is 10.0. The summed E-state index contributed by atoms with van der Waals surface area (Å²) in [5.74, 6) is 12.0. The zero-order valence-electron chi connectivity index (χ0n) is 23.1. The quantitative estimate of drug-likeness (QED) is 0.0918. The smallest absolute Gasteiger partial charge is 0.338 e. The lowest BCUT2D eigenvalue weighted by Gasteiger charge is -2.08. The first kappa shape index (κ1) is 31.3. The molecule has 0 radical (unpaired) electrons. The molecule has 206 valence electrons. The first-order chi connectivity index (χ1) is 19.1. The number of hydrogen-bond donors (Lipinski definition) is 0. The number of benzene rings is 2. The number of ether oxygens (including phenoxy) is 3. The molecular formula is C34H40O5. The van der Waals surface area contributed by atoms with Crippen LogP contribution in [0.2, 0.25) is 0 Å². The molecule has 0 fully saturated rings. The van der Waals surface area contributed by atoms with E-state index in [4.69, 9.17) is 14.2 Å². The van der Waals surface area contributed by atoms with E-state index in [9.17, 15) is 9.59 Å². The van der Waals surface area contributed by atoms with Crippen LogP contribution in [-0.4, -0.2) is 31.8 Å². The highest BCUT2D eigenvalue weighted by Gasteiger charge is 2.07. The van der Waals surface area contributed by atoms with Gasteiger partial charge in [0.1, 0.15) is 5.75 Å². The number of carbonyl (C=O) groups excluding carboxylic acids is 2. The molecule has 0 amide bonds. The molecule has 2 aromatic carbocycles. The van der Waals surface area contributed by atoms with E-state index in [0.717, 1.165) is 81.1 Å². The van der Waals surface area contributed by atoms with Crippen molar-refractivity contribution >= 4 is 11.9 Å². The van der Waals surface area contributed by atoms with Crippen molar-refractivity contribution in [2.24, 2.45) is 0 Å². The second-order valence-corrected chi connectivity index (χ2v) is 9.04. The van der Waals surface area contributed by atoms with Gasteiger partial charge in [0.2, 0.25) is 0 Å². The second-order valence-electron chi connectivity index (χ2n) is 9.04. The topological polar surface area (TPSA) is 61.8 Å². The van der Waals surface area contributed by atoms with Crippen molar-refractivity contribution in [1.82, 2.24) is 0 Å². The fourth-order valence-electron chi connectivity index (χ4n) is 3.56. The largest absolute Gasteiger partial charge is 0.494 e. The molecule has 0 aliphatic carbocycles. The molecule has 0 heterocycles. The highest BCUT2D eigenvalue weighted by Crippen LogP contribution is 2.23. The first-order valence-electron chi connectivity index (χ1n) is 13.9. The molecule has 0 N–H and O–H groups in total. The first-order valence-corrected chi connectivity index (χ1v) is 13.9. The van der Waals surface area contributed by atoms with Gasteiger partial charge in [-0.05, 0) is 92.2 Å². The van der Waals surface area contributed by atoms with Crippen molar-refractivity contribution in [3.05, 3.63) is 66.7 Å². The molecule has 0 unspecified atom stereocenters. The minimum Gasteiger partial charge on any atom is -0.494 e. The van der Waals surface area contributed by atoms with Gasteiger partial charge in [0, 0.05) is 18.9 Å². The van der Waals surface area contributed by atoms with Crippen LogP contribution >= 0.6 is 0 Å². The summed E-state index contributed by atoms with van der Waals surface area (Å²) >= 11 is 0. The van der Waals surface area contributed by atoms with Crippen LogP contribution in [-0.2, 0) is 14.3 Å². The molecule has 5 nitrogen and oxygen atoms in total. The number of esters is 2. The normalized spacial score (nSPS) is 9.87. The Morgan fingerprint density at radius 1 is 0.718 bits per heavy atom. The lowest BCUT2D eigenvalue weighted by molar-refractivity contribution is -0.137. The van der Waals surface area contributed by atoms with Gasteiger partial charge >= 0.3 is 11.9 Å². The Morgan fingerprint density at radius 3 is 1.92 bits per heavy atom. The van der Waals surface area contributed by atoms with Crippen LogP contribution in [0.25, 0.3) is 11.1 Å². The molecule has 0 spiro atoms. The van der Waals surface area contributed by atoms with E-state index in [0.29, 0.717) is 25.4 Å². The van der Waals surface area contributed by atoms with Gasteiger partial charge in [-0.3, -0.25) is 0 Å². The number of rotatable bonds is 17. The second kappa shape index (κ2) is 20.1. The predicted molar refractivity (Wildman–Crippen MR) is 156 cm³/mol. The minimum absolute atomic E-state index is 0.309. The summed E-state index contributed by atoms with van der Waals surface area (Å²) in [4.78, 5) is 23.3. The fraction of sp³-hybridized carbons (Fsp3) is 0.412. The summed E-state index contributed by atoms with van der Waals surface area (Å²) in [6.07, 6.45) is 10.6. The predicted octanol–water partition coefficient (Wildman–Crippen LogP) is 7.55. The van der Waals surface area contributed by atoms with Crippen molar-refractivity contribution in [3.63, 3.8) is 0 Å². The van der Waals surface area contributed by atoms with Crippen LogP contribution in [0.4, 0.5) is 0 Å². The van der Waals surface area contributed by atoms with E-state index in [1.807, 2.05) is 36.4 Å². The number of carbonyl (C=O) groups is 2. The lowest BCUT2D eigenvalue weighted by Crippen LogP contribution is -2.06. The van der Waals surface area contributed by atoms with Gasteiger partial charge < -0.3 is 14.2 Å². The Bertz CT molecular complexity index is 1120. The summed E-state index contributed by atoms with van der Waals surface area (Å²) < 4.78 is 16.2. The van der Waals surface area contributed by atoms with Gasteiger partial charge in [-0.1, -0.05) is 56.0 Å². The van der Waals surface area contributed by atoms with Crippen molar-refractivity contribution < 1.29 is 23.8 Å². The molecule has 0 saturated heterocycles. The Morgan fingerprint density at radius 2 is 1.28 bits per heavy atom. The molecule has 5 heteroatoms. The van der Waals surface area contributed by atoms with Crippen LogP contribution in [0.15, 0.2) is 61.2 Å². The van der Waals surface area contributed by atoms with Crippen LogP contribution in [0.5, 0.6) is 5.75 Å². The Balaban J connectivity index is 1.63. The summed E-state index contributed by atoms with van der Waals surface area (Å²) in [6, 6.07) is 15.4. The zero-order valence-corrected chi connectivity index (χ0v) is 23.1. The van der Waals surface area contributed by atoms with Crippen LogP contribution in [0.3, 0.4) is 0 Å². The summed E-state index contributed by atoms with van der Waals surface area (Å²) in [6.45, 7) is 6.98. The Kier molecular flexibility index (Phi) is 16.1. The number of hydrogen-bond acceptors (Lipinski definition) is 5. The van der Waals surface area contributed by atoms with Crippen molar-refractivity contribution in [2.75, 3.05) is 19.8 Å². The molecule has 0 atom stereocenters. The van der Waals surface area contributed by atoms with E-state index in [2.05, 4.69) is 37.2 Å². The third-order valence-corrected chi connectivity index (χ3v) is 5.85. The van der Waals surface area contributed by atoms with E-state index in [-0.39, 0.29) is 11.9 Å². The van der Waals surface area contributed by atoms with Crippen molar-refractivity contribution in [1.29, 1.82) is 0 Å². The molecule has 39 heavy (non-hydrogen) atoms. The third-order valence-electron chi connectivity index (χ3n) is 5.85. The monoisotopic (exact) mass is 528 g/mol. The van der Waals surface area contributed by atoms with E-state index < -0.39 is 0 Å². The number of unbranched alkanes of at least 4 members (excludes halogenated alkanes) is 7. The molecular weight excluding hydrogens is 488 g/mol. The molecule has 0 aliphatic heterocycles. The summed E-state index contributed by atoms with van der Waals surface area (Å²) in [7, 11) is 0. The molecule has 0 aromatic heterocycles. The fourth-order valence-corrected chi connectivity index (χ4v) is 3.56. The molecule has 2 aromatic rings. The zero-order chi connectivity index (χ0) is 28.0. The highest BCUT2D eigenvalue weighted by molar-refractivity contribution is 5.90. The van der Waals surface area contributed by atoms with Gasteiger partial charge in [-0.25, -0.2) is 9.59 Å². The van der Waals surface area contributed by atoms with Crippen molar-refractivity contribution in [3.8, 4) is 40.6 Å². The molecule has 2 rings (SSSR count). The van der Waals surface area contributed by atoms with Gasteiger partial charge in [-0.2, -0.15) is 0 Å². The summed E-state index contributed by atoms with van der Waals surface area (Å²) in [5.41, 5.74) is 2.61. The Hall–Kier alpha value is -3.96. The Labute approximate surface area is 233 Å². The molecule has 0 aliphatic rings. The highest BCUT2D eigenvalue weighted by atomic mass is 16.5. The maximum atomic E-state index is 12.3. The van der Waals surface area contributed by atoms with Gasteiger partial charge in [0.05, 0.1) is 25.4 Å². The van der Waals surface area contributed by atoms with Crippen LogP contribution < -0.4 is 4.74 Å². The average molecular weight is 529 g/mol. The van der Waals surface area contributed by atoms with Gasteiger partial charge in [0.15, 0.2) is 0 Å². The van der Waals surface area contributed by atoms with E-state index in [1.54, 1.807) is 12.1 Å². The van der Waals surface area contributed by atoms with Crippen LogP contribution in [0.1, 0.15) is 81.5 Å². The molecule has 0 bridgehead atoms.